The molecule has 0 atom stereocenters. The summed E-state index contributed by atoms with van der Waals surface area (Å²) in [4.78, 5) is 14.6. The van der Waals surface area contributed by atoms with Crippen molar-refractivity contribution >= 4 is 49.5 Å². The van der Waals surface area contributed by atoms with Crippen molar-refractivity contribution in [2.24, 2.45) is 0 Å². The molecular formula is C10H8BrClN4O4S. The van der Waals surface area contributed by atoms with Crippen molar-refractivity contribution in [1.82, 2.24) is 15.2 Å². The minimum atomic E-state index is -4.04. The number of carbonyl (C=O) groups is 1. The van der Waals surface area contributed by atoms with Crippen LogP contribution in [-0.2, 0) is 10.0 Å². The van der Waals surface area contributed by atoms with Crippen molar-refractivity contribution in [3.05, 3.63) is 33.0 Å². The molecule has 2 aromatic rings. The molecule has 0 aliphatic heterocycles. The fourth-order valence-electron chi connectivity index (χ4n) is 1.44. The zero-order valence-corrected chi connectivity index (χ0v) is 13.5. The number of nitrogens with one attached hydrogen (secondary N) is 2. The first-order valence-corrected chi connectivity index (χ1v) is 8.00. The first-order chi connectivity index (χ1) is 9.70. The summed E-state index contributed by atoms with van der Waals surface area (Å²) in [5, 5.41) is 15.1. The Labute approximate surface area is 132 Å². The van der Waals surface area contributed by atoms with Gasteiger partial charge in [-0.1, -0.05) is 11.6 Å². The fourth-order valence-corrected chi connectivity index (χ4v) is 3.24. The molecule has 0 spiro atoms. The Bertz CT molecular complexity index is 820. The molecule has 1 aromatic carbocycles. The molecule has 0 amide bonds. The molecule has 112 valence electrons. The van der Waals surface area contributed by atoms with Gasteiger partial charge < -0.3 is 5.11 Å². The second-order valence-corrected chi connectivity index (χ2v) is 6.84. The van der Waals surface area contributed by atoms with Crippen molar-refractivity contribution < 1.29 is 18.3 Å². The van der Waals surface area contributed by atoms with Crippen molar-refractivity contribution in [1.29, 1.82) is 0 Å². The van der Waals surface area contributed by atoms with Crippen LogP contribution in [0.4, 0.5) is 5.95 Å². The Kier molecular flexibility index (Phi) is 4.21. The lowest BCUT2D eigenvalue weighted by atomic mass is 10.2. The van der Waals surface area contributed by atoms with Crippen LogP contribution in [0.25, 0.3) is 0 Å². The van der Waals surface area contributed by atoms with Gasteiger partial charge in [0, 0.05) is 4.47 Å². The number of carboxylic acids is 1. The summed E-state index contributed by atoms with van der Waals surface area (Å²) < 4.78 is 26.7. The number of sulfonamides is 1. The number of hydrogen-bond donors (Lipinski definition) is 3. The number of halogens is 2. The van der Waals surface area contributed by atoms with Crippen LogP contribution >= 0.6 is 27.5 Å². The summed E-state index contributed by atoms with van der Waals surface area (Å²) in [5.74, 6) is -1.06. The Morgan fingerprint density at radius 1 is 1.48 bits per heavy atom. The summed E-state index contributed by atoms with van der Waals surface area (Å²) in [6.07, 6.45) is 0. The van der Waals surface area contributed by atoms with Gasteiger partial charge in [0.05, 0.1) is 15.5 Å². The van der Waals surface area contributed by atoms with Crippen LogP contribution < -0.4 is 4.72 Å². The first-order valence-electron chi connectivity index (χ1n) is 5.35. The van der Waals surface area contributed by atoms with E-state index in [2.05, 4.69) is 35.8 Å². The number of aromatic amines is 1. The zero-order chi connectivity index (χ0) is 15.8. The van der Waals surface area contributed by atoms with Gasteiger partial charge in [0.25, 0.3) is 16.0 Å². The smallest absolute Gasteiger partial charge is 0.337 e. The molecule has 0 saturated heterocycles. The van der Waals surface area contributed by atoms with Crippen LogP contribution in [0.1, 0.15) is 16.2 Å². The second-order valence-electron chi connectivity index (χ2n) is 3.92. The maximum absolute atomic E-state index is 12.2. The van der Waals surface area contributed by atoms with Crippen molar-refractivity contribution in [2.45, 2.75) is 11.8 Å². The summed E-state index contributed by atoms with van der Waals surface area (Å²) in [6, 6.07) is 2.15. The minimum absolute atomic E-state index is 0.0878. The summed E-state index contributed by atoms with van der Waals surface area (Å²) in [5.41, 5.74) is -0.336. The topological polar surface area (TPSA) is 125 Å². The van der Waals surface area contributed by atoms with Crippen molar-refractivity contribution in [3.63, 3.8) is 0 Å². The van der Waals surface area contributed by atoms with E-state index in [0.717, 1.165) is 6.07 Å². The SMILES string of the molecule is Cc1nc(NS(=O)(=O)c2cc(Br)c(Cl)c(C(=O)O)c2)n[nH]1. The Morgan fingerprint density at radius 2 is 2.14 bits per heavy atom. The highest BCUT2D eigenvalue weighted by Crippen LogP contribution is 2.30. The predicted molar refractivity (Wildman–Crippen MR) is 78.0 cm³/mol. The van der Waals surface area contributed by atoms with Crippen LogP contribution in [0.2, 0.25) is 5.02 Å². The van der Waals surface area contributed by atoms with Gasteiger partial charge in [-0.3, -0.25) is 5.10 Å². The van der Waals surface area contributed by atoms with E-state index in [1.165, 1.54) is 6.07 Å². The molecule has 0 saturated carbocycles. The van der Waals surface area contributed by atoms with E-state index in [0.29, 0.717) is 5.82 Å². The number of hydrogen-bond acceptors (Lipinski definition) is 5. The second kappa shape index (κ2) is 5.62. The van der Waals surface area contributed by atoms with Crippen LogP contribution in [0.5, 0.6) is 0 Å². The van der Waals surface area contributed by atoms with E-state index in [9.17, 15) is 13.2 Å². The number of H-pyrrole nitrogens is 1. The fraction of sp³-hybridized carbons (Fsp3) is 0.100. The molecule has 1 heterocycles. The normalized spacial score (nSPS) is 11.4. The maximum Gasteiger partial charge on any atom is 0.337 e. The van der Waals surface area contributed by atoms with E-state index in [-0.39, 0.29) is 25.9 Å². The number of nitrogens with zero attached hydrogens (tertiary/aromatic N) is 2. The Hall–Kier alpha value is -1.65. The highest BCUT2D eigenvalue weighted by Gasteiger charge is 2.22. The van der Waals surface area contributed by atoms with Gasteiger partial charge in [0.15, 0.2) is 0 Å². The number of aromatic nitrogens is 3. The Morgan fingerprint density at radius 3 is 2.67 bits per heavy atom. The number of rotatable bonds is 4. The van der Waals surface area contributed by atoms with Crippen LogP contribution in [-0.4, -0.2) is 34.7 Å². The highest BCUT2D eigenvalue weighted by molar-refractivity contribution is 9.10. The van der Waals surface area contributed by atoms with E-state index in [1.54, 1.807) is 6.92 Å². The lowest BCUT2D eigenvalue weighted by Crippen LogP contribution is -2.15. The molecule has 2 rings (SSSR count). The summed E-state index contributed by atoms with van der Waals surface area (Å²) >= 11 is 8.82. The average Bonchev–Trinajstić information content (AvgIpc) is 2.76. The predicted octanol–water partition coefficient (Wildman–Crippen LogP) is 2.03. The third kappa shape index (κ3) is 3.34. The molecule has 0 bridgehead atoms. The van der Waals surface area contributed by atoms with Gasteiger partial charge in [-0.15, -0.1) is 5.10 Å². The number of anilines is 1. The van der Waals surface area contributed by atoms with E-state index in [4.69, 9.17) is 16.7 Å². The van der Waals surface area contributed by atoms with Gasteiger partial charge in [0.1, 0.15) is 5.82 Å². The highest BCUT2D eigenvalue weighted by atomic mass is 79.9. The quantitative estimate of drug-likeness (QED) is 0.727. The lowest BCUT2D eigenvalue weighted by molar-refractivity contribution is 0.0696. The molecule has 21 heavy (non-hydrogen) atoms. The molecule has 0 aliphatic carbocycles. The van der Waals surface area contributed by atoms with Gasteiger partial charge >= 0.3 is 5.97 Å². The maximum atomic E-state index is 12.2. The number of benzene rings is 1. The molecule has 0 fully saturated rings. The monoisotopic (exact) mass is 394 g/mol. The van der Waals surface area contributed by atoms with Crippen molar-refractivity contribution in [2.75, 3.05) is 4.72 Å². The third-order valence-electron chi connectivity index (χ3n) is 2.37. The van der Waals surface area contributed by atoms with Crippen LogP contribution in [0.15, 0.2) is 21.5 Å². The lowest BCUT2D eigenvalue weighted by Gasteiger charge is -2.08. The van der Waals surface area contributed by atoms with E-state index >= 15 is 0 Å². The molecule has 8 nitrogen and oxygen atoms in total. The molecule has 0 aliphatic rings. The Balaban J connectivity index is 2.47. The molecule has 3 N–H and O–H groups in total. The van der Waals surface area contributed by atoms with Crippen molar-refractivity contribution in [3.8, 4) is 0 Å². The zero-order valence-electron chi connectivity index (χ0n) is 10.4. The van der Waals surface area contributed by atoms with Gasteiger partial charge in [-0.05, 0) is 35.0 Å². The summed E-state index contributed by atoms with van der Waals surface area (Å²) in [7, 11) is -4.04. The summed E-state index contributed by atoms with van der Waals surface area (Å²) in [6.45, 7) is 1.60. The minimum Gasteiger partial charge on any atom is -0.478 e. The molecule has 1 aromatic heterocycles. The van der Waals surface area contributed by atoms with Gasteiger partial charge in [0.2, 0.25) is 0 Å². The molecular weight excluding hydrogens is 388 g/mol. The standard InChI is InChI=1S/C10H8BrClN4O4S/c1-4-13-10(15-14-4)16-21(19,20)5-2-6(9(17)18)8(12)7(11)3-5/h2-3H,1H3,(H,17,18)(H2,13,14,15,16). The van der Waals surface area contributed by atoms with Crippen LogP contribution in [0, 0.1) is 6.92 Å². The van der Waals surface area contributed by atoms with Gasteiger partial charge in [-0.25, -0.2) is 17.9 Å². The number of carboxylic acid groups (broad SMARTS) is 1. The molecule has 0 unspecified atom stereocenters. The van der Waals surface area contributed by atoms with Crippen LogP contribution in [0.3, 0.4) is 0 Å². The molecule has 11 heteroatoms. The average molecular weight is 396 g/mol. The first kappa shape index (κ1) is 15.7. The van der Waals surface area contributed by atoms with E-state index in [1.807, 2.05) is 0 Å². The third-order valence-corrected chi connectivity index (χ3v) is 4.93. The number of aromatic carboxylic acids is 1. The molecule has 0 radical (unpaired) electrons. The van der Waals surface area contributed by atoms with E-state index < -0.39 is 16.0 Å². The largest absolute Gasteiger partial charge is 0.478 e. The van der Waals surface area contributed by atoms with Gasteiger partial charge in [-0.2, -0.15) is 4.98 Å². The number of aryl methyl sites for hydroxylation is 1.